The maximum absolute atomic E-state index is 12.6. The largest absolute Gasteiger partial charge is 0.333 e. The molecule has 0 unspecified atom stereocenters. The molecule has 0 bridgehead atoms. The van der Waals surface area contributed by atoms with Crippen LogP contribution in [0.25, 0.3) is 0 Å². The van der Waals surface area contributed by atoms with Crippen LogP contribution in [0.1, 0.15) is 41.5 Å². The third kappa shape index (κ3) is 3.58. The quantitative estimate of drug-likeness (QED) is 0.817. The lowest BCUT2D eigenvalue weighted by atomic mass is 9.99. The minimum atomic E-state index is -3.87. The van der Waals surface area contributed by atoms with Gasteiger partial charge in [-0.2, -0.15) is 12.7 Å². The molecule has 2 N–H and O–H groups in total. The molecule has 3 aliphatic rings. The van der Waals surface area contributed by atoms with E-state index in [0.29, 0.717) is 6.54 Å². The molecule has 8 heteroatoms. The zero-order chi connectivity index (χ0) is 19.2. The summed E-state index contributed by atoms with van der Waals surface area (Å²) in [5.74, 6) is 0. The van der Waals surface area contributed by atoms with E-state index in [0.717, 1.165) is 57.2 Å². The van der Waals surface area contributed by atoms with Gasteiger partial charge in [0.25, 0.3) is 0 Å². The van der Waals surface area contributed by atoms with Crippen LogP contribution in [-0.2, 0) is 35.9 Å². The van der Waals surface area contributed by atoms with Crippen molar-refractivity contribution in [2.45, 2.75) is 51.0 Å². The monoisotopic (exact) mass is 392 g/mol. The highest BCUT2D eigenvalue weighted by molar-refractivity contribution is 7.87. The van der Waals surface area contributed by atoms with Gasteiger partial charge >= 0.3 is 16.2 Å². The smallest absolute Gasteiger partial charge is 0.307 e. The Morgan fingerprint density at radius 2 is 1.78 bits per heavy atom. The van der Waals surface area contributed by atoms with Crippen molar-refractivity contribution in [1.82, 2.24) is 13.9 Å². The van der Waals surface area contributed by atoms with Crippen LogP contribution in [0.5, 0.6) is 0 Å². The fraction of sp³-hybridized carbons (Fsp3) is 0.632. The lowest BCUT2D eigenvalue weighted by Gasteiger charge is -2.24. The summed E-state index contributed by atoms with van der Waals surface area (Å²) in [6.07, 6.45) is 6.91. The van der Waals surface area contributed by atoms with Gasteiger partial charge in [-0.05, 0) is 80.8 Å². The molecule has 0 radical (unpaired) electrons. The zero-order valence-corrected chi connectivity index (χ0v) is 16.9. The molecule has 7 nitrogen and oxygen atoms in total. The number of carbonyl (C=O) groups is 1. The molecule has 1 aliphatic heterocycles. The number of urea groups is 1. The molecule has 0 saturated carbocycles. The number of fused-ring (bicyclic) bond motifs is 2. The summed E-state index contributed by atoms with van der Waals surface area (Å²) in [6, 6.07) is 1.52. The molecule has 1 saturated heterocycles. The fourth-order valence-electron chi connectivity index (χ4n) is 4.70. The summed E-state index contributed by atoms with van der Waals surface area (Å²) in [7, 11) is -0.362. The van der Waals surface area contributed by atoms with Gasteiger partial charge in [0.2, 0.25) is 0 Å². The SMILES string of the molecule is CN1CC[C@@H](N(C)S(=O)(=O)NC(=O)Nc2c3c(cc4c2CCC4)CCC3)C1. The second-order valence-corrected chi connectivity index (χ2v) is 9.75. The third-order valence-corrected chi connectivity index (χ3v) is 7.69. The summed E-state index contributed by atoms with van der Waals surface area (Å²) < 4.78 is 28.8. The minimum Gasteiger partial charge on any atom is -0.307 e. The predicted octanol–water partition coefficient (Wildman–Crippen LogP) is 1.67. The maximum atomic E-state index is 12.6. The van der Waals surface area contributed by atoms with Gasteiger partial charge in [-0.15, -0.1) is 0 Å². The Labute approximate surface area is 161 Å². The van der Waals surface area contributed by atoms with Crippen molar-refractivity contribution in [3.63, 3.8) is 0 Å². The fourth-order valence-corrected chi connectivity index (χ4v) is 5.69. The maximum Gasteiger partial charge on any atom is 0.333 e. The Bertz CT molecular complexity index is 836. The second-order valence-electron chi connectivity index (χ2n) is 8.02. The van der Waals surface area contributed by atoms with Crippen molar-refractivity contribution < 1.29 is 13.2 Å². The normalized spacial score (nSPS) is 22.1. The molecule has 1 fully saturated rings. The van der Waals surface area contributed by atoms with Crippen LogP contribution in [0.3, 0.4) is 0 Å². The summed E-state index contributed by atoms with van der Waals surface area (Å²) in [5, 5.41) is 2.89. The first-order valence-corrected chi connectivity index (χ1v) is 11.2. The number of hydrogen-bond donors (Lipinski definition) is 2. The first-order chi connectivity index (χ1) is 12.8. The number of likely N-dealkylation sites (tertiary alicyclic amines) is 1. The highest BCUT2D eigenvalue weighted by atomic mass is 32.2. The van der Waals surface area contributed by atoms with Crippen LogP contribution in [0.2, 0.25) is 0 Å². The number of anilines is 1. The van der Waals surface area contributed by atoms with E-state index >= 15 is 0 Å². The Hall–Kier alpha value is -1.64. The van der Waals surface area contributed by atoms with E-state index in [1.54, 1.807) is 0 Å². The van der Waals surface area contributed by atoms with Crippen molar-refractivity contribution >= 4 is 21.9 Å². The molecule has 4 rings (SSSR count). The van der Waals surface area contributed by atoms with Crippen LogP contribution in [0.15, 0.2) is 6.07 Å². The summed E-state index contributed by atoms with van der Waals surface area (Å²) in [5.41, 5.74) is 5.84. The molecular weight excluding hydrogens is 364 g/mol. The van der Waals surface area contributed by atoms with Crippen molar-refractivity contribution in [3.8, 4) is 0 Å². The van der Waals surface area contributed by atoms with Crippen molar-refractivity contribution in [2.75, 3.05) is 32.5 Å². The number of hydrogen-bond acceptors (Lipinski definition) is 4. The third-order valence-electron chi connectivity index (χ3n) is 6.19. The molecule has 1 atom stereocenters. The van der Waals surface area contributed by atoms with Crippen LogP contribution in [0, 0.1) is 0 Å². The van der Waals surface area contributed by atoms with E-state index < -0.39 is 16.2 Å². The van der Waals surface area contributed by atoms with E-state index in [1.165, 1.54) is 33.6 Å². The first-order valence-electron chi connectivity index (χ1n) is 9.77. The molecule has 1 aromatic rings. The van der Waals surface area contributed by atoms with Gasteiger partial charge < -0.3 is 10.2 Å². The lowest BCUT2D eigenvalue weighted by Crippen LogP contribution is -2.48. The molecular formula is C19H28N4O3S. The van der Waals surface area contributed by atoms with Gasteiger partial charge in [-0.25, -0.2) is 9.52 Å². The summed E-state index contributed by atoms with van der Waals surface area (Å²) in [6.45, 7) is 1.54. The predicted molar refractivity (Wildman–Crippen MR) is 105 cm³/mol. The van der Waals surface area contributed by atoms with Gasteiger partial charge in [-0.1, -0.05) is 6.07 Å². The number of nitrogens with zero attached hydrogens (tertiary/aromatic N) is 2. The topological polar surface area (TPSA) is 81.8 Å². The van der Waals surface area contributed by atoms with Crippen molar-refractivity contribution in [2.24, 2.45) is 0 Å². The number of likely N-dealkylation sites (N-methyl/N-ethyl adjacent to an activating group) is 2. The number of amides is 2. The van der Waals surface area contributed by atoms with E-state index in [4.69, 9.17) is 0 Å². The Kier molecular flexibility index (Phi) is 4.90. The number of nitrogens with one attached hydrogen (secondary N) is 2. The van der Waals surface area contributed by atoms with Crippen molar-refractivity contribution in [1.29, 1.82) is 0 Å². The Morgan fingerprint density at radius 1 is 1.15 bits per heavy atom. The van der Waals surface area contributed by atoms with E-state index in [2.05, 4.69) is 21.0 Å². The Morgan fingerprint density at radius 3 is 2.33 bits per heavy atom. The molecule has 2 amide bonds. The summed E-state index contributed by atoms with van der Waals surface area (Å²) >= 11 is 0. The number of aryl methyl sites for hydroxylation is 2. The average molecular weight is 393 g/mol. The van der Waals surface area contributed by atoms with Gasteiger partial charge in [0, 0.05) is 25.3 Å². The van der Waals surface area contributed by atoms with Gasteiger partial charge in [-0.3, -0.25) is 0 Å². The van der Waals surface area contributed by atoms with Crippen LogP contribution >= 0.6 is 0 Å². The minimum absolute atomic E-state index is 0.106. The highest BCUT2D eigenvalue weighted by Crippen LogP contribution is 2.38. The molecule has 148 valence electrons. The number of benzene rings is 1. The van der Waals surface area contributed by atoms with E-state index in [9.17, 15) is 13.2 Å². The Balaban J connectivity index is 1.50. The standard InChI is InChI=1S/C19H28N4O3S/c1-22-10-9-15(12-22)23(2)27(25,26)21-19(24)20-18-16-7-3-5-13(16)11-14-6-4-8-17(14)18/h11,15H,3-10,12H2,1-2H3,(H2,20,21,24)/t15-/m1/s1. The second kappa shape index (κ2) is 7.07. The average Bonchev–Trinajstić information content (AvgIpc) is 3.33. The van der Waals surface area contributed by atoms with Crippen LogP contribution in [-0.4, -0.2) is 56.9 Å². The highest BCUT2D eigenvalue weighted by Gasteiger charge is 2.32. The first kappa shape index (κ1) is 18.7. The number of carbonyl (C=O) groups excluding carboxylic acids is 1. The molecule has 0 spiro atoms. The van der Waals surface area contributed by atoms with Crippen LogP contribution in [0.4, 0.5) is 10.5 Å². The van der Waals surface area contributed by atoms with E-state index in [1.807, 2.05) is 7.05 Å². The molecule has 2 aliphatic carbocycles. The van der Waals surface area contributed by atoms with Gasteiger partial charge in [0.15, 0.2) is 0 Å². The summed E-state index contributed by atoms with van der Waals surface area (Å²) in [4.78, 5) is 14.7. The molecule has 27 heavy (non-hydrogen) atoms. The molecule has 1 heterocycles. The van der Waals surface area contributed by atoms with Gasteiger partial charge in [0.1, 0.15) is 0 Å². The lowest BCUT2D eigenvalue weighted by molar-refractivity contribution is 0.255. The van der Waals surface area contributed by atoms with Crippen LogP contribution < -0.4 is 10.0 Å². The molecule has 1 aromatic carbocycles. The molecule has 0 aromatic heterocycles. The zero-order valence-electron chi connectivity index (χ0n) is 16.0. The number of rotatable bonds is 4. The van der Waals surface area contributed by atoms with Crippen molar-refractivity contribution in [3.05, 3.63) is 28.3 Å². The van der Waals surface area contributed by atoms with Gasteiger partial charge in [0.05, 0.1) is 0 Å². The van der Waals surface area contributed by atoms with E-state index in [-0.39, 0.29) is 6.04 Å².